The van der Waals surface area contributed by atoms with Gasteiger partial charge >= 0.3 is 0 Å². The molecule has 128 valence electrons. The Labute approximate surface area is 138 Å². The number of carbonyl (C=O) groups excluding carboxylic acids is 2. The molecule has 2 rings (SSSR count). The van der Waals surface area contributed by atoms with Gasteiger partial charge in [0.1, 0.15) is 11.4 Å². The molecule has 2 amide bonds. The molecule has 0 aliphatic heterocycles. The number of anilines is 2. The number of amides is 2. The van der Waals surface area contributed by atoms with Gasteiger partial charge in [-0.1, -0.05) is 0 Å². The normalized spacial score (nSPS) is 10.4. The molecule has 0 saturated heterocycles. The molecule has 2 heterocycles. The molecule has 10 nitrogen and oxygen atoms in total. The molecule has 0 spiro atoms. The summed E-state index contributed by atoms with van der Waals surface area (Å²) < 4.78 is 0. The number of aromatic amines is 2. The first-order valence-electron chi connectivity index (χ1n) is 7.15. The number of hydrogen-bond acceptors (Lipinski definition) is 5. The molecule has 0 aromatic carbocycles. The maximum atomic E-state index is 12.3. The molecule has 10 heteroatoms. The molecule has 2 aromatic heterocycles. The summed E-state index contributed by atoms with van der Waals surface area (Å²) in [5.41, 5.74) is 11.9. The van der Waals surface area contributed by atoms with Gasteiger partial charge in [0.25, 0.3) is 11.8 Å². The first kappa shape index (κ1) is 17.1. The van der Waals surface area contributed by atoms with Crippen LogP contribution in [0.5, 0.6) is 0 Å². The zero-order valence-corrected chi connectivity index (χ0v) is 13.5. The fourth-order valence-corrected chi connectivity index (χ4v) is 2.01. The number of carbonyl (C=O) groups is 2. The minimum absolute atomic E-state index is 0.00972. The summed E-state index contributed by atoms with van der Waals surface area (Å²) >= 11 is 0. The van der Waals surface area contributed by atoms with E-state index in [4.69, 9.17) is 16.9 Å². The van der Waals surface area contributed by atoms with Crippen LogP contribution in [0.4, 0.5) is 11.5 Å². The summed E-state index contributed by atoms with van der Waals surface area (Å²) in [4.78, 5) is 30.0. The van der Waals surface area contributed by atoms with Gasteiger partial charge in [-0.15, -0.1) is 0 Å². The summed E-state index contributed by atoms with van der Waals surface area (Å²) in [6.07, 6.45) is 1.81. The van der Waals surface area contributed by atoms with Gasteiger partial charge in [-0.25, -0.2) is 0 Å². The maximum Gasteiger partial charge on any atom is 0.275 e. The number of hydrogen-bond donors (Lipinski definition) is 5. The Hall–Kier alpha value is -3.30. The minimum Gasteiger partial charge on any atom is -0.397 e. The van der Waals surface area contributed by atoms with Gasteiger partial charge < -0.3 is 21.4 Å². The number of nitrogen functional groups attached to an aromatic ring is 1. The molecular weight excluding hydrogens is 312 g/mol. The van der Waals surface area contributed by atoms with Crippen LogP contribution in [-0.2, 0) is 0 Å². The summed E-state index contributed by atoms with van der Waals surface area (Å²) in [5, 5.41) is 13.8. The molecule has 0 aliphatic rings. The summed E-state index contributed by atoms with van der Waals surface area (Å²) in [5.74, 6) is -0.325. The highest BCUT2D eigenvalue weighted by molar-refractivity contribution is 6.05. The molecule has 0 aliphatic carbocycles. The fraction of sp³-hybridized carbons (Fsp3) is 0.286. The average molecular weight is 332 g/mol. The zero-order valence-electron chi connectivity index (χ0n) is 13.5. The number of amidine groups is 1. The van der Waals surface area contributed by atoms with Crippen molar-refractivity contribution in [2.24, 2.45) is 5.73 Å². The second kappa shape index (κ2) is 6.86. The van der Waals surface area contributed by atoms with E-state index in [-0.39, 0.29) is 29.8 Å². The van der Waals surface area contributed by atoms with Crippen LogP contribution in [0.25, 0.3) is 0 Å². The smallest absolute Gasteiger partial charge is 0.275 e. The van der Waals surface area contributed by atoms with Crippen molar-refractivity contribution in [2.45, 2.75) is 6.42 Å². The number of aromatic nitrogens is 3. The number of H-pyrrole nitrogens is 2. The predicted octanol–water partition coefficient (Wildman–Crippen LogP) is -0.00533. The van der Waals surface area contributed by atoms with Gasteiger partial charge in [-0.2, -0.15) is 5.10 Å². The van der Waals surface area contributed by atoms with Crippen molar-refractivity contribution in [2.75, 3.05) is 31.3 Å². The van der Waals surface area contributed by atoms with E-state index in [9.17, 15) is 9.59 Å². The zero-order chi connectivity index (χ0) is 17.9. The van der Waals surface area contributed by atoms with Gasteiger partial charge in [-0.3, -0.25) is 25.0 Å². The third kappa shape index (κ3) is 3.72. The van der Waals surface area contributed by atoms with Crippen LogP contribution < -0.4 is 16.4 Å². The Morgan fingerprint density at radius 2 is 1.96 bits per heavy atom. The SMILES string of the molecule is CN(CCC(=N)N)C(=O)c1cc(N(C)C(=O)c2cc(N)c[nH]2)n[nH]1. The Bertz CT molecular complexity index is 762. The van der Waals surface area contributed by atoms with Crippen molar-refractivity contribution < 1.29 is 9.59 Å². The van der Waals surface area contributed by atoms with E-state index in [1.54, 1.807) is 14.1 Å². The van der Waals surface area contributed by atoms with Gasteiger partial charge in [0.05, 0.1) is 5.84 Å². The lowest BCUT2D eigenvalue weighted by Gasteiger charge is -2.15. The molecule has 0 bridgehead atoms. The summed E-state index contributed by atoms with van der Waals surface area (Å²) in [6, 6.07) is 3.00. The molecular formula is C14H20N8O2. The van der Waals surface area contributed by atoms with E-state index in [1.807, 2.05) is 0 Å². The highest BCUT2D eigenvalue weighted by atomic mass is 16.2. The van der Waals surface area contributed by atoms with Crippen LogP contribution in [-0.4, -0.2) is 58.4 Å². The predicted molar refractivity (Wildman–Crippen MR) is 90.0 cm³/mol. The third-order valence-electron chi connectivity index (χ3n) is 3.44. The quantitative estimate of drug-likeness (QED) is 0.371. The highest BCUT2D eigenvalue weighted by Crippen LogP contribution is 2.15. The van der Waals surface area contributed by atoms with E-state index >= 15 is 0 Å². The Balaban J connectivity index is 2.07. The van der Waals surface area contributed by atoms with E-state index < -0.39 is 0 Å². The van der Waals surface area contributed by atoms with Gasteiger partial charge in [0, 0.05) is 45.0 Å². The van der Waals surface area contributed by atoms with E-state index in [2.05, 4.69) is 15.2 Å². The molecule has 0 atom stereocenters. The van der Waals surface area contributed by atoms with Crippen molar-refractivity contribution in [3.8, 4) is 0 Å². The number of nitrogens with two attached hydrogens (primary N) is 2. The molecule has 2 aromatic rings. The first-order valence-corrected chi connectivity index (χ1v) is 7.15. The monoisotopic (exact) mass is 332 g/mol. The highest BCUT2D eigenvalue weighted by Gasteiger charge is 2.20. The molecule has 0 unspecified atom stereocenters. The van der Waals surface area contributed by atoms with Crippen LogP contribution >= 0.6 is 0 Å². The number of nitrogens with one attached hydrogen (secondary N) is 3. The lowest BCUT2D eigenvalue weighted by molar-refractivity contribution is 0.0792. The molecule has 0 fully saturated rings. The molecule has 7 N–H and O–H groups in total. The van der Waals surface area contributed by atoms with Crippen LogP contribution in [0.2, 0.25) is 0 Å². The van der Waals surface area contributed by atoms with Gasteiger partial charge in [0.2, 0.25) is 0 Å². The third-order valence-corrected chi connectivity index (χ3v) is 3.44. The van der Waals surface area contributed by atoms with Crippen molar-refractivity contribution in [3.05, 3.63) is 29.7 Å². The maximum absolute atomic E-state index is 12.3. The van der Waals surface area contributed by atoms with E-state index in [1.165, 1.54) is 28.1 Å². The van der Waals surface area contributed by atoms with Gasteiger partial charge in [0.15, 0.2) is 5.82 Å². The summed E-state index contributed by atoms with van der Waals surface area (Å²) in [6.45, 7) is 0.318. The second-order valence-corrected chi connectivity index (χ2v) is 5.35. The molecule has 24 heavy (non-hydrogen) atoms. The standard InChI is InChI=1S/C14H20N8O2/c1-21(4-3-11(16)17)13(23)10-6-12(20-19-10)22(2)14(24)9-5-8(15)7-18-9/h5-7,18H,3-4,15H2,1-2H3,(H3,16,17)(H,19,20). The van der Waals surface area contributed by atoms with Crippen molar-refractivity contribution in [1.29, 1.82) is 5.41 Å². The Morgan fingerprint density at radius 1 is 1.25 bits per heavy atom. The first-order chi connectivity index (χ1) is 11.3. The molecule has 0 saturated carbocycles. The van der Waals surface area contributed by atoms with E-state index in [0.717, 1.165) is 0 Å². The van der Waals surface area contributed by atoms with Crippen LogP contribution in [0, 0.1) is 5.41 Å². The average Bonchev–Trinajstić information content (AvgIpc) is 3.19. The van der Waals surface area contributed by atoms with Crippen LogP contribution in [0.3, 0.4) is 0 Å². The Morgan fingerprint density at radius 3 is 2.54 bits per heavy atom. The largest absolute Gasteiger partial charge is 0.397 e. The molecule has 0 radical (unpaired) electrons. The second-order valence-electron chi connectivity index (χ2n) is 5.35. The number of rotatable bonds is 6. The van der Waals surface area contributed by atoms with Crippen molar-refractivity contribution in [1.82, 2.24) is 20.1 Å². The van der Waals surface area contributed by atoms with Gasteiger partial charge in [-0.05, 0) is 6.07 Å². The van der Waals surface area contributed by atoms with Crippen LogP contribution in [0.15, 0.2) is 18.3 Å². The number of nitrogens with zero attached hydrogens (tertiary/aromatic N) is 3. The minimum atomic E-state index is -0.331. The lowest BCUT2D eigenvalue weighted by Crippen LogP contribution is -2.30. The Kier molecular flexibility index (Phi) is 4.87. The summed E-state index contributed by atoms with van der Waals surface area (Å²) in [7, 11) is 3.14. The lowest BCUT2D eigenvalue weighted by atomic mass is 10.3. The van der Waals surface area contributed by atoms with Crippen molar-refractivity contribution in [3.63, 3.8) is 0 Å². The fourth-order valence-electron chi connectivity index (χ4n) is 2.01. The van der Waals surface area contributed by atoms with Crippen LogP contribution in [0.1, 0.15) is 27.4 Å². The van der Waals surface area contributed by atoms with E-state index in [0.29, 0.717) is 23.7 Å². The van der Waals surface area contributed by atoms with Crippen molar-refractivity contribution >= 4 is 29.2 Å². The topological polar surface area (TPSA) is 161 Å².